The first-order valence-corrected chi connectivity index (χ1v) is 12.1. The first kappa shape index (κ1) is 26.8. The van der Waals surface area contributed by atoms with E-state index in [1.54, 1.807) is 17.0 Å². The maximum atomic E-state index is 13.5. The second-order valence-electron chi connectivity index (χ2n) is 8.37. The monoisotopic (exact) mass is 510 g/mol. The molecule has 35 heavy (non-hydrogen) atoms. The van der Waals surface area contributed by atoms with Gasteiger partial charge < -0.3 is 20.2 Å². The van der Waals surface area contributed by atoms with E-state index in [4.69, 9.17) is 14.9 Å². The Morgan fingerprint density at radius 2 is 1.80 bits per heavy atom. The van der Waals surface area contributed by atoms with Gasteiger partial charge >= 0.3 is 0 Å². The molecule has 3 saturated heterocycles. The lowest BCUT2D eigenvalue weighted by Gasteiger charge is -2.25. The Kier molecular flexibility index (Phi) is 9.38. The summed E-state index contributed by atoms with van der Waals surface area (Å²) in [5, 5.41) is 5.89. The van der Waals surface area contributed by atoms with E-state index in [-0.39, 0.29) is 36.1 Å². The van der Waals surface area contributed by atoms with Crippen molar-refractivity contribution in [3.63, 3.8) is 0 Å². The van der Waals surface area contributed by atoms with Crippen LogP contribution in [0.2, 0.25) is 0 Å². The van der Waals surface area contributed by atoms with Gasteiger partial charge in [-0.25, -0.2) is 4.39 Å². The number of carbonyl (C=O) groups is 4. The quantitative estimate of drug-likeness (QED) is 0.409. The number of morpholine rings is 1. The number of ketones is 1. The number of imide groups is 1. The summed E-state index contributed by atoms with van der Waals surface area (Å²) in [5.41, 5.74) is 6.36. The van der Waals surface area contributed by atoms with Crippen molar-refractivity contribution in [2.75, 3.05) is 31.1 Å². The van der Waals surface area contributed by atoms with E-state index in [0.717, 1.165) is 13.1 Å². The lowest BCUT2D eigenvalue weighted by atomic mass is 10.1. The molecule has 0 saturated carbocycles. The number of para-hydroxylation sites is 1. The number of hydrogen-bond acceptors (Lipinski definition) is 9. The number of rotatable bonds is 2. The third-order valence-electron chi connectivity index (χ3n) is 5.28. The van der Waals surface area contributed by atoms with Crippen LogP contribution in [0.3, 0.4) is 0 Å². The Balaban J connectivity index is 0.000000213. The third-order valence-corrected chi connectivity index (χ3v) is 6.38. The maximum absolute atomic E-state index is 13.5. The van der Waals surface area contributed by atoms with E-state index in [9.17, 15) is 23.6 Å². The normalized spacial score (nSPS) is 24.5. The average molecular weight is 511 g/mol. The molecule has 10 nitrogen and oxygen atoms in total. The first-order chi connectivity index (χ1) is 16.7. The van der Waals surface area contributed by atoms with Crippen LogP contribution in [0.25, 0.3) is 11.0 Å². The summed E-state index contributed by atoms with van der Waals surface area (Å²) in [5.74, 6) is -1.70. The van der Waals surface area contributed by atoms with Crippen molar-refractivity contribution in [1.29, 1.82) is 0 Å². The van der Waals surface area contributed by atoms with Crippen LogP contribution in [0.5, 0.6) is 0 Å². The van der Waals surface area contributed by atoms with Gasteiger partial charge in [-0.15, -0.1) is 0 Å². The van der Waals surface area contributed by atoms with Crippen LogP contribution in [0.15, 0.2) is 28.9 Å². The summed E-state index contributed by atoms with van der Waals surface area (Å²) in [6, 6.07) is 4.68. The smallest absolute Gasteiger partial charge is 0.286 e. The highest BCUT2D eigenvalue weighted by Crippen LogP contribution is 2.36. The number of fused-ring (bicyclic) bond motifs is 1. The Bertz CT molecular complexity index is 1050. The molecule has 0 unspecified atom stereocenters. The van der Waals surface area contributed by atoms with Crippen LogP contribution in [0.4, 0.5) is 14.9 Å². The molecule has 3 fully saturated rings. The number of nitrogens with one attached hydrogen (secondary N) is 2. The molecule has 4 N–H and O–H groups in total. The van der Waals surface area contributed by atoms with Gasteiger partial charge in [-0.1, -0.05) is 17.8 Å². The minimum Gasteiger partial charge on any atom is -0.459 e. The largest absolute Gasteiger partial charge is 0.459 e. The van der Waals surface area contributed by atoms with Gasteiger partial charge in [0.1, 0.15) is 6.26 Å². The Morgan fingerprint density at radius 3 is 2.31 bits per heavy atom. The highest BCUT2D eigenvalue weighted by Gasteiger charge is 2.32. The van der Waals surface area contributed by atoms with Crippen molar-refractivity contribution in [3.8, 4) is 0 Å². The SMILES string of the molecule is C[C@@H]1CNC[C@H](C)O1.NC[C@H]1CN(c2coc3c(F)cccc23)C(=O)S1.O=C1CC(=O)NC(=O)C1.[HH]. The second kappa shape index (κ2) is 12.2. The molecule has 1 aromatic carbocycles. The lowest BCUT2D eigenvalue weighted by molar-refractivity contribution is -0.138. The summed E-state index contributed by atoms with van der Waals surface area (Å²) in [6.45, 7) is 7.15. The van der Waals surface area contributed by atoms with E-state index in [2.05, 4.69) is 19.2 Å². The topological polar surface area (TPSA) is 144 Å². The molecule has 3 amide bonds. The first-order valence-electron chi connectivity index (χ1n) is 11.2. The highest BCUT2D eigenvalue weighted by molar-refractivity contribution is 8.14. The highest BCUT2D eigenvalue weighted by atomic mass is 32.2. The number of benzene rings is 1. The van der Waals surface area contributed by atoms with Crippen LogP contribution in [-0.4, -0.2) is 66.5 Å². The standard InChI is InChI=1S/C12H11FN2O2S.C6H13NO.C5H5NO3.H2/c13-9-3-1-2-8-10(6-17-11(8)9)15-5-7(4-14)18-12(15)16;1-5-3-7-4-6(2)8-5;7-3-1-4(8)6-5(9)2-3;/h1-3,6-7H,4-5,14H2;5-7H,3-4H2,1-2H3;1-2H2,(H,6,8,9);1H/t7-;5-,6+;;/m0.../s1. The van der Waals surface area contributed by atoms with Crippen molar-refractivity contribution in [1.82, 2.24) is 10.6 Å². The number of carbonyl (C=O) groups excluding carboxylic acids is 4. The number of anilines is 1. The molecule has 4 heterocycles. The van der Waals surface area contributed by atoms with Gasteiger partial charge in [-0.05, 0) is 26.0 Å². The molecule has 2 aromatic rings. The Hall–Kier alpha value is -2.80. The number of piperidine rings is 1. The maximum Gasteiger partial charge on any atom is 0.286 e. The van der Waals surface area contributed by atoms with Crippen LogP contribution in [-0.2, 0) is 19.1 Å². The molecule has 3 aliphatic rings. The summed E-state index contributed by atoms with van der Waals surface area (Å²) < 4.78 is 24.1. The number of nitrogens with two attached hydrogens (primary N) is 1. The van der Waals surface area contributed by atoms with Gasteiger partial charge in [0, 0.05) is 38.2 Å². The number of Topliss-reactive ketones (excluding diaryl/α,β-unsaturated/α-hetero) is 1. The zero-order valence-corrected chi connectivity index (χ0v) is 20.4. The van der Waals surface area contributed by atoms with Crippen molar-refractivity contribution in [2.24, 2.45) is 5.73 Å². The van der Waals surface area contributed by atoms with E-state index in [1.165, 1.54) is 24.1 Å². The molecular weight excluding hydrogens is 479 g/mol. The molecule has 192 valence electrons. The fraction of sp³-hybridized carbons (Fsp3) is 0.478. The summed E-state index contributed by atoms with van der Waals surface area (Å²) in [7, 11) is 0. The molecule has 3 atom stereocenters. The number of ether oxygens (including phenoxy) is 1. The molecule has 5 rings (SSSR count). The molecule has 0 bridgehead atoms. The minimum absolute atomic E-state index is 0. The minimum atomic E-state index is -0.490. The number of halogens is 1. The number of furan rings is 1. The molecule has 0 spiro atoms. The van der Waals surface area contributed by atoms with Crippen LogP contribution in [0, 0.1) is 5.82 Å². The van der Waals surface area contributed by atoms with Crippen molar-refractivity contribution in [2.45, 2.75) is 44.1 Å². The summed E-state index contributed by atoms with van der Waals surface area (Å²) in [4.78, 5) is 44.5. The molecule has 0 radical (unpaired) electrons. The van der Waals surface area contributed by atoms with Crippen molar-refractivity contribution < 1.29 is 34.1 Å². The lowest BCUT2D eigenvalue weighted by Crippen LogP contribution is -2.41. The zero-order chi connectivity index (χ0) is 25.5. The van der Waals surface area contributed by atoms with E-state index in [0.29, 0.717) is 36.4 Å². The van der Waals surface area contributed by atoms with Crippen molar-refractivity contribution in [3.05, 3.63) is 30.3 Å². The van der Waals surface area contributed by atoms with Gasteiger partial charge in [0.15, 0.2) is 17.2 Å². The summed E-state index contributed by atoms with van der Waals surface area (Å²) in [6.07, 6.45) is 1.93. The number of hydrogen-bond donors (Lipinski definition) is 3. The molecule has 3 aliphatic heterocycles. The number of nitrogens with zero attached hydrogens (tertiary/aromatic N) is 1. The van der Waals surface area contributed by atoms with Crippen LogP contribution in [0.1, 0.15) is 28.1 Å². The van der Waals surface area contributed by atoms with Crippen molar-refractivity contribution >= 4 is 51.3 Å². The molecule has 0 aliphatic carbocycles. The average Bonchev–Trinajstić information content (AvgIpc) is 3.37. The van der Waals surface area contributed by atoms with Crippen LogP contribution >= 0.6 is 11.8 Å². The number of thioether (sulfide) groups is 1. The fourth-order valence-electron chi connectivity index (χ4n) is 3.71. The third kappa shape index (κ3) is 7.34. The van der Waals surface area contributed by atoms with Gasteiger partial charge in [0.05, 0.1) is 30.7 Å². The van der Waals surface area contributed by atoms with Crippen LogP contribution < -0.4 is 21.3 Å². The van der Waals surface area contributed by atoms with Gasteiger partial charge in [-0.2, -0.15) is 0 Å². The molecular formula is C23H31FN4O6S. The van der Waals surface area contributed by atoms with Gasteiger partial charge in [0.25, 0.3) is 5.24 Å². The van der Waals surface area contributed by atoms with E-state index in [1.807, 2.05) is 5.32 Å². The number of amides is 3. The predicted octanol–water partition coefficient (Wildman–Crippen LogP) is 2.19. The molecule has 1 aromatic heterocycles. The van der Waals surface area contributed by atoms with E-state index < -0.39 is 17.6 Å². The van der Waals surface area contributed by atoms with Gasteiger partial charge in [-0.3, -0.25) is 29.4 Å². The predicted molar refractivity (Wildman–Crippen MR) is 132 cm³/mol. The van der Waals surface area contributed by atoms with E-state index >= 15 is 0 Å². The summed E-state index contributed by atoms with van der Waals surface area (Å²) >= 11 is 1.21. The van der Waals surface area contributed by atoms with Gasteiger partial charge in [0.2, 0.25) is 11.8 Å². The fourth-order valence-corrected chi connectivity index (χ4v) is 4.61. The Labute approximate surface area is 207 Å². The zero-order valence-electron chi connectivity index (χ0n) is 19.5. The molecule has 12 heteroatoms. The second-order valence-corrected chi connectivity index (χ2v) is 9.62. The Morgan fingerprint density at radius 1 is 1.14 bits per heavy atom.